The quantitative estimate of drug-likeness (QED) is 0.421. The minimum atomic E-state index is -0.354. The number of oxime groups is 1. The predicted molar refractivity (Wildman–Crippen MR) is 45.6 cm³/mol. The second kappa shape index (κ2) is 3.51. The summed E-state index contributed by atoms with van der Waals surface area (Å²) in [4.78, 5) is 13.8. The summed E-state index contributed by atoms with van der Waals surface area (Å²) in [6.07, 6.45) is 1.38. The molecule has 1 aromatic rings. The van der Waals surface area contributed by atoms with Crippen LogP contribution in [0.2, 0.25) is 4.34 Å². The third-order valence-electron chi connectivity index (χ3n) is 1.02. The van der Waals surface area contributed by atoms with E-state index in [0.29, 0.717) is 0 Å². The summed E-state index contributed by atoms with van der Waals surface area (Å²) in [5.74, 6) is 0. The molecule has 0 aliphatic rings. The minimum Gasteiger partial charge on any atom is -0.410 e. The number of nitrogens with zero attached hydrogens (tertiary/aromatic N) is 2. The number of halogens is 1. The lowest BCUT2D eigenvalue weighted by molar-refractivity contribution is 0.320. The minimum absolute atomic E-state index is 0.0525. The zero-order chi connectivity index (χ0) is 9.14. The Hall–Kier alpha value is -1.14. The van der Waals surface area contributed by atoms with Crippen LogP contribution in [0.15, 0.2) is 5.16 Å². The van der Waals surface area contributed by atoms with E-state index >= 15 is 0 Å². The summed E-state index contributed by atoms with van der Waals surface area (Å²) in [7, 11) is 0. The Bertz CT molecular complexity index is 335. The van der Waals surface area contributed by atoms with Crippen LogP contribution in [0.1, 0.15) is 5.69 Å². The van der Waals surface area contributed by atoms with Gasteiger partial charge in [-0.1, -0.05) is 28.1 Å². The van der Waals surface area contributed by atoms with Crippen LogP contribution >= 0.6 is 22.9 Å². The number of hydrogen-bond donors (Lipinski definition) is 2. The molecule has 63 valence electrons. The van der Waals surface area contributed by atoms with Crippen LogP contribution in [0.5, 0.6) is 0 Å². The van der Waals surface area contributed by atoms with Gasteiger partial charge in [-0.25, -0.2) is 4.98 Å². The van der Waals surface area contributed by atoms with E-state index in [9.17, 15) is 4.79 Å². The molecule has 1 radical (unpaired) electrons. The van der Waals surface area contributed by atoms with Crippen molar-refractivity contribution < 1.29 is 10.0 Å². The molecule has 0 aliphatic heterocycles. The molecular weight excluding hydrogens is 202 g/mol. The lowest BCUT2D eigenvalue weighted by atomic mass is 10.3. The molecule has 1 heterocycles. The molecule has 1 rings (SSSR count). The third kappa shape index (κ3) is 1.54. The molecule has 0 spiro atoms. The molecule has 0 fully saturated rings. The monoisotopic (exact) mass is 204 g/mol. The number of rotatable bonds is 2. The summed E-state index contributed by atoms with van der Waals surface area (Å²) < 4.78 is 0.198. The van der Waals surface area contributed by atoms with Crippen molar-refractivity contribution in [2.24, 2.45) is 5.16 Å². The van der Waals surface area contributed by atoms with E-state index in [0.717, 1.165) is 11.3 Å². The van der Waals surface area contributed by atoms with Crippen molar-refractivity contribution in [1.82, 2.24) is 4.98 Å². The molecule has 0 aliphatic carbocycles. The molecule has 0 atom stereocenters. The van der Waals surface area contributed by atoms with Crippen LogP contribution in [-0.4, -0.2) is 22.2 Å². The molecule has 3 N–H and O–H groups in total. The van der Waals surface area contributed by atoms with Gasteiger partial charge in [0.2, 0.25) is 0 Å². The highest BCUT2D eigenvalue weighted by atomic mass is 35.5. The Morgan fingerprint density at radius 3 is 2.83 bits per heavy atom. The number of carbonyl (C=O) groups excluding carboxylic acids is 1. The normalized spacial score (nSPS) is 11.6. The smallest absolute Gasteiger partial charge is 0.259 e. The van der Waals surface area contributed by atoms with Gasteiger partial charge >= 0.3 is 0 Å². The number of anilines is 1. The van der Waals surface area contributed by atoms with Crippen molar-refractivity contribution in [2.75, 3.05) is 5.73 Å². The van der Waals surface area contributed by atoms with Crippen LogP contribution < -0.4 is 5.73 Å². The molecule has 0 saturated heterocycles. The lowest BCUT2D eigenvalue weighted by Gasteiger charge is -1.87. The maximum absolute atomic E-state index is 10.1. The maximum atomic E-state index is 10.1. The molecule has 1 aromatic heterocycles. The fraction of sp³-hybridized carbons (Fsp3) is 0. The lowest BCUT2D eigenvalue weighted by Crippen LogP contribution is -2.03. The largest absolute Gasteiger partial charge is 0.410 e. The highest BCUT2D eigenvalue weighted by Crippen LogP contribution is 2.25. The molecule has 12 heavy (non-hydrogen) atoms. The number of hydrogen-bond acceptors (Lipinski definition) is 6. The number of thiazole rings is 1. The first-order valence-corrected chi connectivity index (χ1v) is 3.91. The van der Waals surface area contributed by atoms with Crippen LogP contribution in [0, 0.1) is 0 Å². The summed E-state index contributed by atoms with van der Waals surface area (Å²) in [5, 5.41) is 11.2. The molecule has 0 amide bonds. The van der Waals surface area contributed by atoms with Gasteiger partial charge in [-0.15, -0.1) is 0 Å². The van der Waals surface area contributed by atoms with E-state index < -0.39 is 0 Å². The van der Waals surface area contributed by atoms with Crippen LogP contribution in [0.4, 0.5) is 5.13 Å². The van der Waals surface area contributed by atoms with Gasteiger partial charge in [0.1, 0.15) is 10.0 Å². The molecule has 5 nitrogen and oxygen atoms in total. The summed E-state index contributed by atoms with van der Waals surface area (Å²) in [6, 6.07) is 0. The van der Waals surface area contributed by atoms with Gasteiger partial charge in [0, 0.05) is 0 Å². The van der Waals surface area contributed by atoms with Crippen molar-refractivity contribution in [1.29, 1.82) is 0 Å². The van der Waals surface area contributed by atoms with Gasteiger partial charge in [0.15, 0.2) is 10.8 Å². The average molecular weight is 205 g/mol. The Kier molecular flexibility index (Phi) is 2.61. The summed E-state index contributed by atoms with van der Waals surface area (Å²) in [5.41, 5.74) is 4.98. The Balaban J connectivity index is 3.17. The standard InChI is InChI=1S/C5H3ClN3O2S/c6-4-3(2(1-10)9-11)8-5(7)12-4/h11H,(H2,7,8)/b9-2+. The SMILES string of the molecule is Nc1nc(/C([C]=O)=N/O)c(Cl)s1. The first kappa shape index (κ1) is 8.95. The molecule has 0 unspecified atom stereocenters. The first-order valence-electron chi connectivity index (χ1n) is 2.71. The van der Waals surface area contributed by atoms with Gasteiger partial charge in [-0.3, -0.25) is 4.79 Å². The third-order valence-corrected chi connectivity index (χ3v) is 2.11. The Morgan fingerprint density at radius 1 is 1.83 bits per heavy atom. The number of aromatic nitrogens is 1. The predicted octanol–water partition coefficient (Wildman–Crippen LogP) is 0.667. The van der Waals surface area contributed by atoms with E-state index in [1.54, 1.807) is 0 Å². The van der Waals surface area contributed by atoms with E-state index in [4.69, 9.17) is 22.5 Å². The molecule has 7 heteroatoms. The topological polar surface area (TPSA) is 88.6 Å². The van der Waals surface area contributed by atoms with E-state index in [1.807, 2.05) is 0 Å². The van der Waals surface area contributed by atoms with Crippen LogP contribution in [0.3, 0.4) is 0 Å². The van der Waals surface area contributed by atoms with Crippen molar-refractivity contribution in [3.05, 3.63) is 10.0 Å². The number of nitrogens with two attached hydrogens (primary N) is 1. The maximum Gasteiger partial charge on any atom is 0.259 e. The van der Waals surface area contributed by atoms with Crippen LogP contribution in [0.25, 0.3) is 0 Å². The Labute approximate surface area is 76.5 Å². The highest BCUT2D eigenvalue weighted by Gasteiger charge is 2.14. The van der Waals surface area contributed by atoms with Gasteiger partial charge in [0.05, 0.1) is 0 Å². The fourth-order valence-corrected chi connectivity index (χ4v) is 1.51. The van der Waals surface area contributed by atoms with Crippen LogP contribution in [-0.2, 0) is 4.79 Å². The van der Waals surface area contributed by atoms with Gasteiger partial charge < -0.3 is 10.9 Å². The van der Waals surface area contributed by atoms with Gasteiger partial charge in [-0.2, -0.15) is 0 Å². The molecule has 0 aromatic carbocycles. The van der Waals surface area contributed by atoms with Gasteiger partial charge in [0.25, 0.3) is 6.29 Å². The number of nitrogen functional groups attached to an aromatic ring is 1. The van der Waals surface area contributed by atoms with Crippen molar-refractivity contribution in [3.8, 4) is 0 Å². The highest BCUT2D eigenvalue weighted by molar-refractivity contribution is 7.19. The zero-order valence-corrected chi connectivity index (χ0v) is 7.19. The Morgan fingerprint density at radius 2 is 2.50 bits per heavy atom. The fourth-order valence-electron chi connectivity index (χ4n) is 0.579. The second-order valence-corrected chi connectivity index (χ2v) is 3.36. The summed E-state index contributed by atoms with van der Waals surface area (Å²) in [6.45, 7) is 0. The van der Waals surface area contributed by atoms with E-state index in [2.05, 4.69) is 10.1 Å². The zero-order valence-electron chi connectivity index (χ0n) is 5.61. The molecule has 0 bridgehead atoms. The second-order valence-electron chi connectivity index (χ2n) is 1.73. The molecular formula is C5H3ClN3O2S. The average Bonchev–Trinajstić information content (AvgIpc) is 2.34. The van der Waals surface area contributed by atoms with Gasteiger partial charge in [-0.05, 0) is 0 Å². The van der Waals surface area contributed by atoms with E-state index in [-0.39, 0.29) is 20.9 Å². The van der Waals surface area contributed by atoms with Crippen molar-refractivity contribution in [3.63, 3.8) is 0 Å². The van der Waals surface area contributed by atoms with Crippen molar-refractivity contribution in [2.45, 2.75) is 0 Å². The molecule has 0 saturated carbocycles. The first-order chi connectivity index (χ1) is 5.69. The summed E-state index contributed by atoms with van der Waals surface area (Å²) >= 11 is 6.59. The van der Waals surface area contributed by atoms with E-state index in [1.165, 1.54) is 6.29 Å². The van der Waals surface area contributed by atoms with Crippen molar-refractivity contribution >= 4 is 40.1 Å².